The van der Waals surface area contributed by atoms with Crippen LogP contribution in [0.5, 0.6) is 5.75 Å². The van der Waals surface area contributed by atoms with Gasteiger partial charge in [-0.1, -0.05) is 12.1 Å². The third kappa shape index (κ3) is 3.72. The molecular weight excluding hydrogens is 354 g/mol. The molecule has 3 rings (SSSR count). The number of likely N-dealkylation sites (N-methyl/N-ethyl adjacent to an activating group) is 1. The molecule has 144 valence electrons. The van der Waals surface area contributed by atoms with Crippen LogP contribution >= 0.6 is 0 Å². The first kappa shape index (κ1) is 19.1. The number of methoxy groups -OCH3 is 1. The average molecular weight is 381 g/mol. The average Bonchev–Trinajstić information content (AvgIpc) is 2.63. The second-order valence-electron chi connectivity index (χ2n) is 7.10. The molecule has 2 aliphatic heterocycles. The number of nitrogens with zero attached hydrogens (tertiary/aromatic N) is 2. The molecule has 0 aliphatic carbocycles. The zero-order chi connectivity index (χ0) is 18.9. The lowest BCUT2D eigenvalue weighted by Crippen LogP contribution is -2.59. The molecule has 1 N–H and O–H groups in total. The quantitative estimate of drug-likeness (QED) is 0.864. The van der Waals surface area contributed by atoms with Gasteiger partial charge < -0.3 is 9.64 Å². The largest absolute Gasteiger partial charge is 0.497 e. The summed E-state index contributed by atoms with van der Waals surface area (Å²) in [6.45, 7) is 2.73. The van der Waals surface area contributed by atoms with Gasteiger partial charge in [-0.3, -0.25) is 4.79 Å². The van der Waals surface area contributed by atoms with Crippen LogP contribution in [0.25, 0.3) is 0 Å². The molecule has 1 amide bonds. The van der Waals surface area contributed by atoms with Crippen molar-refractivity contribution in [2.24, 2.45) is 0 Å². The van der Waals surface area contributed by atoms with E-state index in [1.165, 1.54) is 11.4 Å². The van der Waals surface area contributed by atoms with Crippen molar-refractivity contribution in [3.05, 3.63) is 29.8 Å². The topological polar surface area (TPSA) is 79.0 Å². The summed E-state index contributed by atoms with van der Waals surface area (Å²) in [5.74, 6) is 0.561. The molecule has 7 nitrogen and oxygen atoms in total. The number of benzene rings is 1. The molecule has 0 saturated carbocycles. The normalized spacial score (nSPS) is 29.3. The van der Waals surface area contributed by atoms with E-state index in [1.807, 2.05) is 36.1 Å². The number of ether oxygens (including phenoxy) is 1. The second-order valence-corrected chi connectivity index (χ2v) is 8.86. The Bertz CT molecular complexity index is 767. The molecule has 0 aromatic heterocycles. The SMILES string of the molecule is COc1cccc([C@@H]2C[C@H](C(=O)N3CCCC[C@H]3C)N(C)S(=O)(=O)N2)c1. The molecule has 1 aromatic rings. The molecule has 2 saturated heterocycles. The maximum atomic E-state index is 13.1. The fraction of sp³-hybridized carbons (Fsp3) is 0.611. The maximum absolute atomic E-state index is 13.1. The zero-order valence-electron chi connectivity index (χ0n) is 15.5. The van der Waals surface area contributed by atoms with Crippen LogP contribution in [0.1, 0.15) is 44.2 Å². The van der Waals surface area contributed by atoms with E-state index in [-0.39, 0.29) is 11.9 Å². The van der Waals surface area contributed by atoms with E-state index in [2.05, 4.69) is 4.72 Å². The summed E-state index contributed by atoms with van der Waals surface area (Å²) in [4.78, 5) is 15.0. The van der Waals surface area contributed by atoms with Crippen molar-refractivity contribution >= 4 is 16.1 Å². The van der Waals surface area contributed by atoms with Crippen molar-refractivity contribution in [1.82, 2.24) is 13.9 Å². The summed E-state index contributed by atoms with van der Waals surface area (Å²) < 4.78 is 34.3. The fourth-order valence-corrected chi connectivity index (χ4v) is 5.06. The Balaban J connectivity index is 1.88. The van der Waals surface area contributed by atoms with E-state index in [0.717, 1.165) is 24.8 Å². The lowest BCUT2D eigenvalue weighted by atomic mass is 9.97. The predicted octanol–water partition coefficient (Wildman–Crippen LogP) is 1.68. The van der Waals surface area contributed by atoms with Crippen molar-refractivity contribution < 1.29 is 17.9 Å². The van der Waals surface area contributed by atoms with E-state index in [0.29, 0.717) is 18.7 Å². The molecule has 1 aromatic carbocycles. The van der Waals surface area contributed by atoms with Crippen LogP contribution in [0.15, 0.2) is 24.3 Å². The van der Waals surface area contributed by atoms with Crippen LogP contribution in [0, 0.1) is 0 Å². The van der Waals surface area contributed by atoms with Gasteiger partial charge in [0.15, 0.2) is 0 Å². The van der Waals surface area contributed by atoms with Crippen LogP contribution in [-0.4, -0.2) is 56.3 Å². The molecule has 8 heteroatoms. The third-order valence-corrected chi connectivity index (χ3v) is 7.03. The summed E-state index contributed by atoms with van der Waals surface area (Å²) in [6.07, 6.45) is 3.44. The highest BCUT2D eigenvalue weighted by atomic mass is 32.2. The van der Waals surface area contributed by atoms with Crippen LogP contribution < -0.4 is 9.46 Å². The van der Waals surface area contributed by atoms with Gasteiger partial charge in [0.2, 0.25) is 5.91 Å². The molecule has 0 unspecified atom stereocenters. The molecule has 26 heavy (non-hydrogen) atoms. The van der Waals surface area contributed by atoms with Gasteiger partial charge in [0.05, 0.1) is 13.2 Å². The molecule has 0 radical (unpaired) electrons. The van der Waals surface area contributed by atoms with E-state index >= 15 is 0 Å². The molecule has 2 heterocycles. The number of nitrogens with one attached hydrogen (secondary N) is 1. The summed E-state index contributed by atoms with van der Waals surface area (Å²) >= 11 is 0. The number of carbonyl (C=O) groups is 1. The number of rotatable bonds is 3. The van der Waals surface area contributed by atoms with Crippen molar-refractivity contribution in [1.29, 1.82) is 0 Å². The first-order valence-electron chi connectivity index (χ1n) is 9.03. The Labute approximate surface area is 155 Å². The van der Waals surface area contributed by atoms with Gasteiger partial charge in [-0.05, 0) is 50.3 Å². The van der Waals surface area contributed by atoms with Crippen LogP contribution in [0.2, 0.25) is 0 Å². The van der Waals surface area contributed by atoms with Crippen molar-refractivity contribution in [2.45, 2.75) is 50.7 Å². The highest BCUT2D eigenvalue weighted by Gasteiger charge is 2.43. The third-order valence-electron chi connectivity index (χ3n) is 5.44. The first-order chi connectivity index (χ1) is 12.3. The van der Waals surface area contributed by atoms with Crippen LogP contribution in [0.4, 0.5) is 0 Å². The van der Waals surface area contributed by atoms with Crippen molar-refractivity contribution in [3.63, 3.8) is 0 Å². The van der Waals surface area contributed by atoms with Gasteiger partial charge in [0.25, 0.3) is 10.2 Å². The molecule has 0 spiro atoms. The number of hydrogen-bond acceptors (Lipinski definition) is 4. The minimum absolute atomic E-state index is 0.0994. The number of carbonyl (C=O) groups excluding carboxylic acids is 1. The molecule has 3 atom stereocenters. The Morgan fingerprint density at radius 3 is 2.77 bits per heavy atom. The van der Waals surface area contributed by atoms with Gasteiger partial charge in [-0.2, -0.15) is 17.4 Å². The molecule has 2 fully saturated rings. The van der Waals surface area contributed by atoms with E-state index in [4.69, 9.17) is 4.74 Å². The Kier molecular flexibility index (Phi) is 5.55. The van der Waals surface area contributed by atoms with Crippen molar-refractivity contribution in [3.8, 4) is 5.75 Å². The second kappa shape index (κ2) is 7.54. The van der Waals surface area contributed by atoms with Gasteiger partial charge in [-0.25, -0.2) is 0 Å². The first-order valence-corrected chi connectivity index (χ1v) is 10.5. The highest BCUT2D eigenvalue weighted by molar-refractivity contribution is 7.87. The lowest BCUT2D eigenvalue weighted by Gasteiger charge is -2.41. The monoisotopic (exact) mass is 381 g/mol. The number of piperidine rings is 1. The Hall–Kier alpha value is -1.64. The predicted molar refractivity (Wildman–Crippen MR) is 99.0 cm³/mol. The number of amides is 1. The van der Waals surface area contributed by atoms with Gasteiger partial charge >= 0.3 is 0 Å². The Morgan fingerprint density at radius 2 is 2.08 bits per heavy atom. The van der Waals surface area contributed by atoms with Gasteiger partial charge in [-0.15, -0.1) is 0 Å². The fourth-order valence-electron chi connectivity index (χ4n) is 3.79. The Morgan fingerprint density at radius 1 is 1.31 bits per heavy atom. The van der Waals surface area contributed by atoms with E-state index < -0.39 is 22.3 Å². The zero-order valence-corrected chi connectivity index (χ0v) is 16.3. The minimum Gasteiger partial charge on any atom is -0.497 e. The molecule has 0 bridgehead atoms. The van der Waals surface area contributed by atoms with Crippen LogP contribution in [-0.2, 0) is 15.0 Å². The number of hydrogen-bond donors (Lipinski definition) is 1. The van der Waals surface area contributed by atoms with Crippen molar-refractivity contribution in [2.75, 3.05) is 20.7 Å². The van der Waals surface area contributed by atoms with E-state index in [9.17, 15) is 13.2 Å². The van der Waals surface area contributed by atoms with Gasteiger partial charge in [0.1, 0.15) is 11.8 Å². The summed E-state index contributed by atoms with van der Waals surface area (Å²) in [7, 11) is -0.689. The summed E-state index contributed by atoms with van der Waals surface area (Å²) in [5, 5.41) is 0. The smallest absolute Gasteiger partial charge is 0.280 e. The molecule has 2 aliphatic rings. The van der Waals surface area contributed by atoms with Crippen LogP contribution in [0.3, 0.4) is 0 Å². The summed E-state index contributed by atoms with van der Waals surface area (Å²) in [5.41, 5.74) is 0.797. The summed E-state index contributed by atoms with van der Waals surface area (Å²) in [6, 6.07) is 6.29. The highest BCUT2D eigenvalue weighted by Crippen LogP contribution is 2.31. The van der Waals surface area contributed by atoms with E-state index in [1.54, 1.807) is 7.11 Å². The standard InChI is InChI=1S/C18H27N3O4S/c1-13-7-4-5-10-21(13)18(22)17-12-16(19-26(23,24)20(17)2)14-8-6-9-15(11-14)25-3/h6,8-9,11,13,16-17,19H,4-5,7,10,12H2,1-3H3/t13-,16+,17-/m1/s1. The minimum atomic E-state index is -3.73. The lowest BCUT2D eigenvalue weighted by molar-refractivity contribution is -0.139. The molecular formula is C18H27N3O4S. The number of likely N-dealkylation sites (tertiary alicyclic amines) is 1. The van der Waals surface area contributed by atoms with Gasteiger partial charge in [0, 0.05) is 19.6 Å². The maximum Gasteiger partial charge on any atom is 0.280 e.